The lowest BCUT2D eigenvalue weighted by atomic mass is 10.2. The van der Waals surface area contributed by atoms with Crippen molar-refractivity contribution >= 4 is 11.4 Å². The Labute approximate surface area is 95.1 Å². The van der Waals surface area contributed by atoms with Crippen LogP contribution in [0.15, 0.2) is 36.9 Å². The Hall–Kier alpha value is -1.97. The summed E-state index contributed by atoms with van der Waals surface area (Å²) in [7, 11) is 0. The largest absolute Gasteiger partial charge is 0.397 e. The van der Waals surface area contributed by atoms with Gasteiger partial charge in [0.15, 0.2) is 0 Å². The number of nitrogens with zero attached hydrogens (tertiary/aromatic N) is 2. The zero-order chi connectivity index (χ0) is 11.4. The lowest BCUT2D eigenvalue weighted by Gasteiger charge is -2.10. The van der Waals surface area contributed by atoms with Gasteiger partial charge < -0.3 is 15.6 Å². The summed E-state index contributed by atoms with van der Waals surface area (Å²) >= 11 is 0. The normalized spacial score (nSPS) is 10.3. The molecular weight excluding hydrogens is 200 g/mol. The first-order valence-corrected chi connectivity index (χ1v) is 5.43. The summed E-state index contributed by atoms with van der Waals surface area (Å²) in [5.74, 6) is 0. The molecule has 1 aromatic carbocycles. The fraction of sp³-hybridized carbons (Fsp3) is 0.250. The highest BCUT2D eigenvalue weighted by molar-refractivity contribution is 5.69. The molecule has 4 nitrogen and oxygen atoms in total. The molecule has 1 aromatic heterocycles. The third kappa shape index (κ3) is 2.16. The van der Waals surface area contributed by atoms with Gasteiger partial charge in [0.1, 0.15) is 0 Å². The summed E-state index contributed by atoms with van der Waals surface area (Å²) in [6, 6.07) is 5.92. The summed E-state index contributed by atoms with van der Waals surface area (Å²) < 4.78 is 1.95. The second kappa shape index (κ2) is 4.70. The highest BCUT2D eigenvalue weighted by atomic mass is 15.0. The van der Waals surface area contributed by atoms with Gasteiger partial charge in [-0.2, -0.15) is 0 Å². The number of nitrogen functional groups attached to an aromatic ring is 1. The first-order valence-electron chi connectivity index (χ1n) is 5.43. The predicted octanol–water partition coefficient (Wildman–Crippen LogP) is 2.28. The van der Waals surface area contributed by atoms with E-state index in [1.165, 1.54) is 0 Å². The van der Waals surface area contributed by atoms with Gasteiger partial charge in [0.25, 0.3) is 0 Å². The number of imidazole rings is 1. The molecule has 0 unspecified atom stereocenters. The number of benzene rings is 1. The third-order valence-corrected chi connectivity index (χ3v) is 2.40. The minimum atomic E-state index is 0.775. The molecule has 2 rings (SSSR count). The number of nitrogens with one attached hydrogen (secondary N) is 1. The Morgan fingerprint density at radius 2 is 2.31 bits per heavy atom. The Balaban J connectivity index is 2.28. The van der Waals surface area contributed by atoms with Crippen LogP contribution in [0.25, 0.3) is 5.69 Å². The van der Waals surface area contributed by atoms with Gasteiger partial charge in [-0.1, -0.05) is 6.92 Å². The molecular formula is C12H16N4. The quantitative estimate of drug-likeness (QED) is 0.771. The first-order chi connectivity index (χ1) is 7.81. The van der Waals surface area contributed by atoms with Crippen LogP contribution >= 0.6 is 0 Å². The smallest absolute Gasteiger partial charge is 0.0991 e. The number of hydrogen-bond donors (Lipinski definition) is 2. The summed E-state index contributed by atoms with van der Waals surface area (Å²) in [5, 5.41) is 3.31. The Morgan fingerprint density at radius 1 is 1.44 bits per heavy atom. The standard InChI is InChI=1S/C12H16N4/c1-2-5-15-12-8-10(3-4-11(12)13)16-7-6-14-9-16/h3-4,6-9,15H,2,5,13H2,1H3. The zero-order valence-corrected chi connectivity index (χ0v) is 9.35. The molecule has 4 heteroatoms. The van der Waals surface area contributed by atoms with Crippen LogP contribution in [-0.2, 0) is 0 Å². The van der Waals surface area contributed by atoms with Crippen molar-refractivity contribution in [3.05, 3.63) is 36.9 Å². The van der Waals surface area contributed by atoms with Crippen molar-refractivity contribution in [2.24, 2.45) is 0 Å². The molecule has 16 heavy (non-hydrogen) atoms. The van der Waals surface area contributed by atoms with Crippen molar-refractivity contribution in [2.45, 2.75) is 13.3 Å². The van der Waals surface area contributed by atoms with Crippen molar-refractivity contribution in [3.63, 3.8) is 0 Å². The molecule has 1 heterocycles. The van der Waals surface area contributed by atoms with E-state index in [-0.39, 0.29) is 0 Å². The van der Waals surface area contributed by atoms with Crippen molar-refractivity contribution in [1.82, 2.24) is 9.55 Å². The van der Waals surface area contributed by atoms with Crippen molar-refractivity contribution in [2.75, 3.05) is 17.6 Å². The van der Waals surface area contributed by atoms with E-state index >= 15 is 0 Å². The maximum Gasteiger partial charge on any atom is 0.0991 e. The molecule has 0 aliphatic rings. The molecule has 0 aliphatic carbocycles. The molecule has 0 fully saturated rings. The minimum absolute atomic E-state index is 0.775. The van der Waals surface area contributed by atoms with E-state index in [0.29, 0.717) is 0 Å². The molecule has 0 amide bonds. The SMILES string of the molecule is CCCNc1cc(-n2ccnc2)ccc1N. The van der Waals surface area contributed by atoms with Gasteiger partial charge in [-0.15, -0.1) is 0 Å². The van der Waals surface area contributed by atoms with Crippen molar-refractivity contribution < 1.29 is 0 Å². The van der Waals surface area contributed by atoms with E-state index in [2.05, 4.69) is 17.2 Å². The van der Waals surface area contributed by atoms with E-state index in [1.54, 1.807) is 12.5 Å². The Kier molecular flexibility index (Phi) is 3.10. The lowest BCUT2D eigenvalue weighted by Crippen LogP contribution is -2.04. The number of hydrogen-bond acceptors (Lipinski definition) is 3. The van der Waals surface area contributed by atoms with Gasteiger partial charge in [0, 0.05) is 24.6 Å². The average Bonchev–Trinajstić information content (AvgIpc) is 2.81. The second-order valence-corrected chi connectivity index (χ2v) is 3.67. The van der Waals surface area contributed by atoms with E-state index in [9.17, 15) is 0 Å². The maximum atomic E-state index is 5.90. The van der Waals surface area contributed by atoms with Crippen LogP contribution in [0.4, 0.5) is 11.4 Å². The molecule has 0 atom stereocenters. The van der Waals surface area contributed by atoms with Crippen LogP contribution in [0, 0.1) is 0 Å². The number of aromatic nitrogens is 2. The number of nitrogens with two attached hydrogens (primary N) is 1. The minimum Gasteiger partial charge on any atom is -0.397 e. The van der Waals surface area contributed by atoms with Crippen molar-refractivity contribution in [3.8, 4) is 5.69 Å². The van der Waals surface area contributed by atoms with Crippen molar-refractivity contribution in [1.29, 1.82) is 0 Å². The molecule has 0 aliphatic heterocycles. The fourth-order valence-electron chi connectivity index (χ4n) is 1.53. The van der Waals surface area contributed by atoms with Gasteiger partial charge in [-0.25, -0.2) is 4.98 Å². The van der Waals surface area contributed by atoms with Gasteiger partial charge >= 0.3 is 0 Å². The van der Waals surface area contributed by atoms with Gasteiger partial charge in [-0.05, 0) is 24.6 Å². The lowest BCUT2D eigenvalue weighted by molar-refractivity contribution is 0.978. The Morgan fingerprint density at radius 3 is 3.00 bits per heavy atom. The van der Waals surface area contributed by atoms with Gasteiger partial charge in [-0.3, -0.25) is 0 Å². The predicted molar refractivity (Wildman–Crippen MR) is 66.8 cm³/mol. The molecule has 84 valence electrons. The van der Waals surface area contributed by atoms with Crippen LogP contribution in [-0.4, -0.2) is 16.1 Å². The molecule has 0 bridgehead atoms. The molecule has 0 saturated heterocycles. The molecule has 2 aromatic rings. The third-order valence-electron chi connectivity index (χ3n) is 2.40. The second-order valence-electron chi connectivity index (χ2n) is 3.67. The number of anilines is 2. The molecule has 0 spiro atoms. The number of rotatable bonds is 4. The van der Waals surface area contributed by atoms with Crippen LogP contribution in [0.2, 0.25) is 0 Å². The van der Waals surface area contributed by atoms with E-state index in [0.717, 1.165) is 30.0 Å². The van der Waals surface area contributed by atoms with E-state index in [4.69, 9.17) is 5.73 Å². The zero-order valence-electron chi connectivity index (χ0n) is 9.35. The van der Waals surface area contributed by atoms with Gasteiger partial charge in [0.2, 0.25) is 0 Å². The first kappa shape index (κ1) is 10.5. The fourth-order valence-corrected chi connectivity index (χ4v) is 1.53. The van der Waals surface area contributed by atoms with E-state index < -0.39 is 0 Å². The van der Waals surface area contributed by atoms with Crippen LogP contribution < -0.4 is 11.1 Å². The summed E-state index contributed by atoms with van der Waals surface area (Å²) in [6.07, 6.45) is 6.52. The van der Waals surface area contributed by atoms with E-state index in [1.807, 2.05) is 29.0 Å². The summed E-state index contributed by atoms with van der Waals surface area (Å²) in [4.78, 5) is 4.02. The molecule has 0 saturated carbocycles. The van der Waals surface area contributed by atoms with Crippen LogP contribution in [0.3, 0.4) is 0 Å². The van der Waals surface area contributed by atoms with Gasteiger partial charge in [0.05, 0.1) is 17.7 Å². The summed E-state index contributed by atoms with van der Waals surface area (Å²) in [6.45, 7) is 3.06. The monoisotopic (exact) mass is 216 g/mol. The topological polar surface area (TPSA) is 55.9 Å². The Bertz CT molecular complexity index is 448. The maximum absolute atomic E-state index is 5.90. The molecule has 0 radical (unpaired) electrons. The molecule has 3 N–H and O–H groups in total. The summed E-state index contributed by atoms with van der Waals surface area (Å²) in [5.41, 5.74) is 8.71. The average molecular weight is 216 g/mol. The van der Waals surface area contributed by atoms with Crippen LogP contribution in [0.1, 0.15) is 13.3 Å². The van der Waals surface area contributed by atoms with Crippen LogP contribution in [0.5, 0.6) is 0 Å². The highest BCUT2D eigenvalue weighted by Crippen LogP contribution is 2.22. The highest BCUT2D eigenvalue weighted by Gasteiger charge is 2.01.